The van der Waals surface area contributed by atoms with E-state index in [1.165, 1.54) is 0 Å². The maximum absolute atomic E-state index is 7.58. The van der Waals surface area contributed by atoms with Gasteiger partial charge in [-0.15, -0.1) is 0 Å². The van der Waals surface area contributed by atoms with Gasteiger partial charge < -0.3 is 5.41 Å². The van der Waals surface area contributed by atoms with Crippen LogP contribution in [-0.4, -0.2) is 5.71 Å². The van der Waals surface area contributed by atoms with Gasteiger partial charge in [0.1, 0.15) is 0 Å². The van der Waals surface area contributed by atoms with E-state index in [1.54, 1.807) is 0 Å². The van der Waals surface area contributed by atoms with Crippen molar-refractivity contribution in [3.05, 3.63) is 6.42 Å². The molecule has 0 aliphatic rings. The summed E-state index contributed by atoms with van der Waals surface area (Å²) in [7, 11) is 0. The monoisotopic (exact) mass is 154 g/mol. The Labute approximate surface area is 70.7 Å². The molecule has 0 aliphatic carbocycles. The lowest BCUT2D eigenvalue weighted by atomic mass is 9.91. The summed E-state index contributed by atoms with van der Waals surface area (Å²) >= 11 is 0. The SMILES string of the molecule is C[CH]CC(=N)C[C@@H](C)C(C)C. The van der Waals surface area contributed by atoms with Gasteiger partial charge in [0, 0.05) is 5.71 Å². The van der Waals surface area contributed by atoms with E-state index in [-0.39, 0.29) is 0 Å². The Morgan fingerprint density at radius 1 is 1.36 bits per heavy atom. The number of nitrogens with one attached hydrogen (secondary N) is 1. The molecule has 0 bridgehead atoms. The maximum Gasteiger partial charge on any atom is 0.00946 e. The third-order valence-electron chi connectivity index (χ3n) is 2.16. The molecule has 0 aromatic carbocycles. The molecule has 1 nitrogen and oxygen atoms in total. The van der Waals surface area contributed by atoms with Crippen LogP contribution in [0.4, 0.5) is 0 Å². The minimum absolute atomic E-state index is 0.655. The maximum atomic E-state index is 7.58. The molecular formula is C10H20N. The standard InChI is InChI=1S/C10H20N/c1-5-6-10(11)7-9(4)8(2)3/h5,8-9,11H,6-7H2,1-4H3/t9-/m1/s1. The van der Waals surface area contributed by atoms with E-state index >= 15 is 0 Å². The van der Waals surface area contributed by atoms with Crippen LogP contribution in [0.15, 0.2) is 0 Å². The van der Waals surface area contributed by atoms with E-state index < -0.39 is 0 Å². The molecule has 0 aromatic rings. The van der Waals surface area contributed by atoms with E-state index in [1.807, 2.05) is 6.92 Å². The highest BCUT2D eigenvalue weighted by Gasteiger charge is 2.08. The zero-order chi connectivity index (χ0) is 8.85. The summed E-state index contributed by atoms with van der Waals surface area (Å²) in [6, 6.07) is 0. The summed E-state index contributed by atoms with van der Waals surface area (Å²) in [5.74, 6) is 1.36. The van der Waals surface area contributed by atoms with Crippen molar-refractivity contribution in [1.29, 1.82) is 5.41 Å². The topological polar surface area (TPSA) is 23.9 Å². The van der Waals surface area contributed by atoms with Crippen molar-refractivity contribution < 1.29 is 0 Å². The molecule has 1 heteroatoms. The van der Waals surface area contributed by atoms with Crippen molar-refractivity contribution in [2.45, 2.75) is 40.5 Å². The summed E-state index contributed by atoms with van der Waals surface area (Å²) in [6.07, 6.45) is 3.87. The van der Waals surface area contributed by atoms with Gasteiger partial charge in [-0.3, -0.25) is 0 Å². The second-order valence-corrected chi connectivity index (χ2v) is 3.64. The van der Waals surface area contributed by atoms with Crippen LogP contribution in [0.5, 0.6) is 0 Å². The van der Waals surface area contributed by atoms with Gasteiger partial charge in [0.2, 0.25) is 0 Å². The first-order valence-corrected chi connectivity index (χ1v) is 4.42. The van der Waals surface area contributed by atoms with Gasteiger partial charge in [-0.2, -0.15) is 0 Å². The van der Waals surface area contributed by atoms with Crippen LogP contribution in [0.25, 0.3) is 0 Å². The van der Waals surface area contributed by atoms with Gasteiger partial charge in [0.05, 0.1) is 0 Å². The van der Waals surface area contributed by atoms with E-state index in [2.05, 4.69) is 27.2 Å². The Hall–Kier alpha value is -0.330. The van der Waals surface area contributed by atoms with Crippen molar-refractivity contribution in [2.75, 3.05) is 0 Å². The Bertz CT molecular complexity index is 116. The third-order valence-corrected chi connectivity index (χ3v) is 2.16. The molecule has 0 fully saturated rings. The Balaban J connectivity index is 3.57. The van der Waals surface area contributed by atoms with Crippen molar-refractivity contribution >= 4 is 5.71 Å². The van der Waals surface area contributed by atoms with E-state index in [0.29, 0.717) is 11.8 Å². The fourth-order valence-electron chi connectivity index (χ4n) is 0.954. The molecular weight excluding hydrogens is 134 g/mol. The molecule has 1 radical (unpaired) electrons. The molecule has 1 N–H and O–H groups in total. The van der Waals surface area contributed by atoms with Crippen LogP contribution >= 0.6 is 0 Å². The average molecular weight is 154 g/mol. The van der Waals surface area contributed by atoms with Crippen LogP contribution in [0.1, 0.15) is 40.5 Å². The molecule has 0 unspecified atom stereocenters. The molecule has 0 aliphatic heterocycles. The van der Waals surface area contributed by atoms with Gasteiger partial charge in [-0.05, 0) is 31.1 Å². The smallest absolute Gasteiger partial charge is 0.00946 e. The lowest BCUT2D eigenvalue weighted by molar-refractivity contribution is 0.431. The van der Waals surface area contributed by atoms with E-state index in [4.69, 9.17) is 5.41 Å². The molecule has 0 rings (SSSR count). The van der Waals surface area contributed by atoms with E-state index in [0.717, 1.165) is 18.6 Å². The van der Waals surface area contributed by atoms with Crippen LogP contribution in [0.3, 0.4) is 0 Å². The molecule has 0 amide bonds. The first-order valence-electron chi connectivity index (χ1n) is 4.42. The Morgan fingerprint density at radius 2 is 1.91 bits per heavy atom. The fraction of sp³-hybridized carbons (Fsp3) is 0.800. The largest absolute Gasteiger partial charge is 0.310 e. The summed E-state index contributed by atoms with van der Waals surface area (Å²) in [5.41, 5.74) is 0.869. The van der Waals surface area contributed by atoms with Crippen molar-refractivity contribution in [3.63, 3.8) is 0 Å². The van der Waals surface area contributed by atoms with Crippen molar-refractivity contribution in [2.24, 2.45) is 11.8 Å². The highest BCUT2D eigenvalue weighted by Crippen LogP contribution is 2.15. The van der Waals surface area contributed by atoms with Crippen molar-refractivity contribution in [1.82, 2.24) is 0 Å². The van der Waals surface area contributed by atoms with Gasteiger partial charge in [0.15, 0.2) is 0 Å². The zero-order valence-electron chi connectivity index (χ0n) is 8.15. The molecule has 0 aromatic heterocycles. The van der Waals surface area contributed by atoms with Crippen LogP contribution < -0.4 is 0 Å². The van der Waals surface area contributed by atoms with Crippen LogP contribution in [0, 0.1) is 23.7 Å². The molecule has 0 saturated heterocycles. The average Bonchev–Trinajstić information content (AvgIpc) is 1.87. The lowest BCUT2D eigenvalue weighted by Crippen LogP contribution is -2.09. The van der Waals surface area contributed by atoms with Crippen molar-refractivity contribution in [3.8, 4) is 0 Å². The summed E-state index contributed by atoms with van der Waals surface area (Å²) in [6.45, 7) is 8.66. The van der Waals surface area contributed by atoms with Crippen LogP contribution in [-0.2, 0) is 0 Å². The highest BCUT2D eigenvalue weighted by molar-refractivity contribution is 5.82. The predicted molar refractivity (Wildman–Crippen MR) is 50.9 cm³/mol. The van der Waals surface area contributed by atoms with Crippen LogP contribution in [0.2, 0.25) is 0 Å². The third kappa shape index (κ3) is 5.00. The normalized spacial score (nSPS) is 13.5. The predicted octanol–water partition coefficient (Wildman–Crippen LogP) is 3.30. The van der Waals surface area contributed by atoms with E-state index in [9.17, 15) is 0 Å². The molecule has 0 spiro atoms. The molecule has 11 heavy (non-hydrogen) atoms. The molecule has 65 valence electrons. The number of hydrogen-bond donors (Lipinski definition) is 1. The molecule has 0 heterocycles. The highest BCUT2D eigenvalue weighted by atomic mass is 14.4. The lowest BCUT2D eigenvalue weighted by Gasteiger charge is -2.15. The van der Waals surface area contributed by atoms with Gasteiger partial charge >= 0.3 is 0 Å². The Kier molecular flexibility index (Phi) is 5.18. The van der Waals surface area contributed by atoms with Gasteiger partial charge in [-0.1, -0.05) is 27.7 Å². The summed E-state index contributed by atoms with van der Waals surface area (Å²) < 4.78 is 0. The minimum Gasteiger partial charge on any atom is -0.310 e. The number of rotatable bonds is 5. The second-order valence-electron chi connectivity index (χ2n) is 3.64. The molecule has 0 saturated carbocycles. The number of hydrogen-bond acceptors (Lipinski definition) is 1. The van der Waals surface area contributed by atoms with Gasteiger partial charge in [0.25, 0.3) is 0 Å². The summed E-state index contributed by atoms with van der Waals surface area (Å²) in [5, 5.41) is 7.58. The summed E-state index contributed by atoms with van der Waals surface area (Å²) in [4.78, 5) is 0. The van der Waals surface area contributed by atoms with Gasteiger partial charge in [-0.25, -0.2) is 0 Å². The Morgan fingerprint density at radius 3 is 2.27 bits per heavy atom. The zero-order valence-corrected chi connectivity index (χ0v) is 8.15. The first-order chi connectivity index (χ1) is 5.07. The second kappa shape index (κ2) is 5.34. The molecule has 1 atom stereocenters. The first kappa shape index (κ1) is 10.7. The fourth-order valence-corrected chi connectivity index (χ4v) is 0.954. The minimum atomic E-state index is 0.655. The quantitative estimate of drug-likeness (QED) is 0.587.